The second-order valence-corrected chi connectivity index (χ2v) is 7.81. The van der Waals surface area contributed by atoms with Crippen LogP contribution in [0.5, 0.6) is 0 Å². The molecule has 0 atom stereocenters. The molecular formula is C20H25NO4S. The molecule has 140 valence electrons. The van der Waals surface area contributed by atoms with Crippen LogP contribution >= 0.6 is 0 Å². The Balaban J connectivity index is 2.01. The molecule has 0 bridgehead atoms. The van der Waals surface area contributed by atoms with Gasteiger partial charge in [-0.1, -0.05) is 38.3 Å². The minimum Gasteiger partial charge on any atom is -0.465 e. The van der Waals surface area contributed by atoms with Gasteiger partial charge in [-0.15, -0.1) is 0 Å². The number of anilines is 1. The smallest absolute Gasteiger partial charge is 0.337 e. The van der Waals surface area contributed by atoms with Crippen molar-refractivity contribution >= 4 is 21.7 Å². The number of methoxy groups -OCH3 is 1. The molecule has 6 heteroatoms. The van der Waals surface area contributed by atoms with Crippen LogP contribution in [-0.2, 0) is 21.2 Å². The first-order valence-electron chi connectivity index (χ1n) is 8.76. The fraction of sp³-hybridized carbons (Fsp3) is 0.350. The summed E-state index contributed by atoms with van der Waals surface area (Å²) < 4.78 is 32.1. The van der Waals surface area contributed by atoms with Gasteiger partial charge in [0.2, 0.25) is 0 Å². The van der Waals surface area contributed by atoms with E-state index < -0.39 is 16.0 Å². The van der Waals surface area contributed by atoms with Crippen LogP contribution in [-0.4, -0.2) is 21.5 Å². The zero-order valence-corrected chi connectivity index (χ0v) is 16.0. The fourth-order valence-corrected chi connectivity index (χ4v) is 3.66. The first-order chi connectivity index (χ1) is 12.5. The van der Waals surface area contributed by atoms with Crippen molar-refractivity contribution in [3.63, 3.8) is 0 Å². The Morgan fingerprint density at radius 2 is 1.62 bits per heavy atom. The maximum atomic E-state index is 12.5. The first-order valence-corrected chi connectivity index (χ1v) is 10.2. The molecule has 2 aromatic carbocycles. The molecule has 0 unspecified atom stereocenters. The predicted molar refractivity (Wildman–Crippen MR) is 103 cm³/mol. The highest BCUT2D eigenvalue weighted by Crippen LogP contribution is 2.18. The molecule has 26 heavy (non-hydrogen) atoms. The number of nitrogens with one attached hydrogen (secondary N) is 1. The van der Waals surface area contributed by atoms with Crippen LogP contribution in [0.2, 0.25) is 0 Å². The van der Waals surface area contributed by atoms with Crippen molar-refractivity contribution in [2.75, 3.05) is 11.8 Å². The molecule has 0 fully saturated rings. The van der Waals surface area contributed by atoms with Gasteiger partial charge in [0.25, 0.3) is 10.0 Å². The number of sulfonamides is 1. The lowest BCUT2D eigenvalue weighted by Gasteiger charge is -2.09. The van der Waals surface area contributed by atoms with E-state index in [1.807, 2.05) is 12.1 Å². The van der Waals surface area contributed by atoms with Crippen LogP contribution in [0.3, 0.4) is 0 Å². The summed E-state index contributed by atoms with van der Waals surface area (Å²) in [5.74, 6) is -0.464. The maximum Gasteiger partial charge on any atom is 0.337 e. The van der Waals surface area contributed by atoms with Gasteiger partial charge in [0, 0.05) is 5.69 Å². The van der Waals surface area contributed by atoms with Crippen LogP contribution in [0, 0.1) is 0 Å². The number of unbranched alkanes of at least 4 members (excludes halogenated alkanes) is 3. The highest BCUT2D eigenvalue weighted by Gasteiger charge is 2.14. The summed E-state index contributed by atoms with van der Waals surface area (Å²) in [6.07, 6.45) is 5.70. The average Bonchev–Trinajstić information content (AvgIpc) is 2.65. The maximum absolute atomic E-state index is 12.5. The van der Waals surface area contributed by atoms with Crippen LogP contribution in [0.15, 0.2) is 53.4 Å². The second-order valence-electron chi connectivity index (χ2n) is 6.13. The van der Waals surface area contributed by atoms with Crippen molar-refractivity contribution in [3.8, 4) is 0 Å². The molecule has 0 radical (unpaired) electrons. The third-order valence-electron chi connectivity index (χ3n) is 4.11. The zero-order valence-electron chi connectivity index (χ0n) is 15.2. The Morgan fingerprint density at radius 3 is 2.19 bits per heavy atom. The SMILES string of the molecule is CCCCCCc1ccc(S(=O)(=O)Nc2ccc(C(=O)OC)cc2)cc1. The molecule has 5 nitrogen and oxygen atoms in total. The summed E-state index contributed by atoms with van der Waals surface area (Å²) in [4.78, 5) is 11.6. The van der Waals surface area contributed by atoms with Crippen molar-refractivity contribution < 1.29 is 17.9 Å². The Kier molecular flexibility index (Phi) is 7.21. The number of esters is 1. The zero-order chi connectivity index (χ0) is 19.0. The van der Waals surface area contributed by atoms with Gasteiger partial charge in [-0.05, 0) is 54.8 Å². The van der Waals surface area contributed by atoms with Gasteiger partial charge in [0.05, 0.1) is 17.6 Å². The Hall–Kier alpha value is -2.34. The van der Waals surface area contributed by atoms with Crippen LogP contribution in [0.4, 0.5) is 5.69 Å². The molecule has 0 aliphatic carbocycles. The third kappa shape index (κ3) is 5.59. The van der Waals surface area contributed by atoms with Gasteiger partial charge in [0.15, 0.2) is 0 Å². The lowest BCUT2D eigenvalue weighted by molar-refractivity contribution is 0.0601. The van der Waals surface area contributed by atoms with E-state index in [1.165, 1.54) is 50.6 Å². The Labute approximate surface area is 155 Å². The molecule has 0 heterocycles. The fourth-order valence-electron chi connectivity index (χ4n) is 2.60. The molecule has 2 aromatic rings. The van der Waals surface area contributed by atoms with E-state index in [1.54, 1.807) is 12.1 Å². The summed E-state index contributed by atoms with van der Waals surface area (Å²) in [5, 5.41) is 0. The standard InChI is InChI=1S/C20H25NO4S/c1-3-4-5-6-7-16-8-14-19(15-9-16)26(23,24)21-18-12-10-17(11-13-18)20(22)25-2/h8-15,21H,3-7H2,1-2H3. The Morgan fingerprint density at radius 1 is 0.962 bits per heavy atom. The number of hydrogen-bond acceptors (Lipinski definition) is 4. The molecular weight excluding hydrogens is 350 g/mol. The van der Waals surface area contributed by atoms with E-state index in [0.717, 1.165) is 18.4 Å². The predicted octanol–water partition coefficient (Wildman–Crippen LogP) is 4.40. The lowest BCUT2D eigenvalue weighted by Crippen LogP contribution is -2.13. The number of aryl methyl sites for hydroxylation is 1. The molecule has 0 aliphatic rings. The highest BCUT2D eigenvalue weighted by atomic mass is 32.2. The number of hydrogen-bond donors (Lipinski definition) is 1. The first kappa shape index (κ1) is 20.0. The van der Waals surface area contributed by atoms with Gasteiger partial charge in [-0.2, -0.15) is 0 Å². The molecule has 0 saturated carbocycles. The summed E-state index contributed by atoms with van der Waals surface area (Å²) in [5.41, 5.74) is 1.90. The van der Waals surface area contributed by atoms with Crippen LogP contribution < -0.4 is 4.72 Å². The second kappa shape index (κ2) is 9.38. The number of ether oxygens (including phenoxy) is 1. The molecule has 1 N–H and O–H groups in total. The van der Waals surface area contributed by atoms with E-state index in [0.29, 0.717) is 11.3 Å². The molecule has 0 aliphatic heterocycles. The van der Waals surface area contributed by atoms with Gasteiger partial charge in [0.1, 0.15) is 0 Å². The highest BCUT2D eigenvalue weighted by molar-refractivity contribution is 7.92. The van der Waals surface area contributed by atoms with Crippen molar-refractivity contribution in [3.05, 3.63) is 59.7 Å². The molecule has 0 aromatic heterocycles. The van der Waals surface area contributed by atoms with Crippen molar-refractivity contribution in [1.29, 1.82) is 0 Å². The number of rotatable bonds is 9. The molecule has 2 rings (SSSR count). The van der Waals surface area contributed by atoms with Crippen LogP contribution in [0.25, 0.3) is 0 Å². The van der Waals surface area contributed by atoms with Crippen molar-refractivity contribution in [2.24, 2.45) is 0 Å². The summed E-state index contributed by atoms with van der Waals surface area (Å²) in [6, 6.07) is 13.1. The third-order valence-corrected chi connectivity index (χ3v) is 5.51. The monoisotopic (exact) mass is 375 g/mol. The minimum atomic E-state index is -3.66. The molecule has 0 spiro atoms. The van der Waals surface area contributed by atoms with E-state index in [9.17, 15) is 13.2 Å². The van der Waals surface area contributed by atoms with Gasteiger partial charge in [-0.25, -0.2) is 13.2 Å². The summed E-state index contributed by atoms with van der Waals surface area (Å²) in [6.45, 7) is 2.18. The van der Waals surface area contributed by atoms with E-state index in [4.69, 9.17) is 0 Å². The van der Waals surface area contributed by atoms with E-state index >= 15 is 0 Å². The van der Waals surface area contributed by atoms with Crippen molar-refractivity contribution in [1.82, 2.24) is 0 Å². The molecule has 0 saturated heterocycles. The largest absolute Gasteiger partial charge is 0.465 e. The number of carbonyl (C=O) groups excluding carboxylic acids is 1. The van der Waals surface area contributed by atoms with E-state index in [2.05, 4.69) is 16.4 Å². The van der Waals surface area contributed by atoms with Gasteiger partial charge >= 0.3 is 5.97 Å². The van der Waals surface area contributed by atoms with E-state index in [-0.39, 0.29) is 4.90 Å². The average molecular weight is 375 g/mol. The quantitative estimate of drug-likeness (QED) is 0.521. The summed E-state index contributed by atoms with van der Waals surface area (Å²) in [7, 11) is -2.37. The summed E-state index contributed by atoms with van der Waals surface area (Å²) >= 11 is 0. The minimum absolute atomic E-state index is 0.215. The Bertz CT molecular complexity index is 812. The number of carbonyl (C=O) groups is 1. The lowest BCUT2D eigenvalue weighted by atomic mass is 10.1. The normalized spacial score (nSPS) is 11.2. The molecule has 0 amide bonds. The number of benzene rings is 2. The van der Waals surface area contributed by atoms with Gasteiger partial charge < -0.3 is 4.74 Å². The van der Waals surface area contributed by atoms with Crippen molar-refractivity contribution in [2.45, 2.75) is 43.9 Å². The van der Waals surface area contributed by atoms with Crippen LogP contribution in [0.1, 0.15) is 48.5 Å². The topological polar surface area (TPSA) is 72.5 Å². The van der Waals surface area contributed by atoms with Gasteiger partial charge in [-0.3, -0.25) is 4.72 Å².